The molecule has 0 aliphatic carbocycles. The number of aromatic nitrogens is 4. The molecule has 3 N–H and O–H groups in total. The summed E-state index contributed by atoms with van der Waals surface area (Å²) >= 11 is 1.06. The van der Waals surface area contributed by atoms with E-state index in [1.54, 1.807) is 36.0 Å². The summed E-state index contributed by atoms with van der Waals surface area (Å²) in [6, 6.07) is 8.94. The van der Waals surface area contributed by atoms with E-state index in [9.17, 15) is 4.79 Å². The number of hydrogen-bond acceptors (Lipinski definition) is 6. The first kappa shape index (κ1) is 13.3. The van der Waals surface area contributed by atoms with E-state index in [0.717, 1.165) is 17.2 Å². The number of carbonyl (C=O) groups is 1. The summed E-state index contributed by atoms with van der Waals surface area (Å²) in [5.41, 5.74) is 7.75. The summed E-state index contributed by atoms with van der Waals surface area (Å²) in [7, 11) is 0. The van der Waals surface area contributed by atoms with Gasteiger partial charge in [0.05, 0.1) is 17.6 Å². The van der Waals surface area contributed by atoms with Crippen molar-refractivity contribution in [1.29, 1.82) is 0 Å². The number of nitrogens with zero attached hydrogens (tertiary/aromatic N) is 4. The molecule has 0 fully saturated rings. The average Bonchev–Trinajstić information content (AvgIpc) is 3.09. The quantitative estimate of drug-likeness (QED) is 0.719. The van der Waals surface area contributed by atoms with Crippen molar-refractivity contribution in [3.63, 3.8) is 0 Å². The van der Waals surface area contributed by atoms with Gasteiger partial charge < -0.3 is 11.1 Å². The van der Waals surface area contributed by atoms with Crippen LogP contribution in [-0.2, 0) is 0 Å². The molecule has 8 heteroatoms. The van der Waals surface area contributed by atoms with Crippen LogP contribution in [0, 0.1) is 6.92 Å². The molecular weight excluding hydrogens is 288 g/mol. The fraction of sp³-hybridized carbons (Fsp3) is 0.0769. The van der Waals surface area contributed by atoms with Crippen LogP contribution < -0.4 is 11.1 Å². The minimum absolute atomic E-state index is 0.250. The van der Waals surface area contributed by atoms with Crippen LogP contribution in [0.3, 0.4) is 0 Å². The number of rotatable bonds is 3. The number of nitrogen functional groups attached to an aromatic ring is 1. The van der Waals surface area contributed by atoms with Gasteiger partial charge in [-0.15, -0.1) is 5.10 Å². The van der Waals surface area contributed by atoms with Gasteiger partial charge in [0.2, 0.25) is 0 Å². The largest absolute Gasteiger partial charge is 0.399 e. The van der Waals surface area contributed by atoms with Crippen LogP contribution in [0.5, 0.6) is 0 Å². The highest BCUT2D eigenvalue weighted by molar-refractivity contribution is 7.08. The smallest absolute Gasteiger partial charge is 0.270 e. The van der Waals surface area contributed by atoms with E-state index in [0.29, 0.717) is 22.1 Å². The van der Waals surface area contributed by atoms with E-state index < -0.39 is 0 Å². The van der Waals surface area contributed by atoms with Crippen LogP contribution in [0.25, 0.3) is 5.69 Å². The number of amides is 1. The van der Waals surface area contributed by atoms with Crippen molar-refractivity contribution >= 4 is 28.9 Å². The average molecular weight is 300 g/mol. The summed E-state index contributed by atoms with van der Waals surface area (Å²) in [6.07, 6.45) is 1.61. The van der Waals surface area contributed by atoms with E-state index >= 15 is 0 Å². The summed E-state index contributed by atoms with van der Waals surface area (Å²) in [6.45, 7) is 1.75. The highest BCUT2D eigenvalue weighted by atomic mass is 32.1. The molecule has 0 unspecified atom stereocenters. The standard InChI is InChI=1S/C13H12N6OS/c1-8-12(21-18-17-8)13(20)16-11-6-7-15-19(11)10-4-2-9(14)3-5-10/h2-7H,14H2,1H3,(H,16,20). The van der Waals surface area contributed by atoms with Crippen molar-refractivity contribution < 1.29 is 4.79 Å². The van der Waals surface area contributed by atoms with E-state index in [4.69, 9.17) is 5.73 Å². The minimum atomic E-state index is -0.250. The van der Waals surface area contributed by atoms with Crippen LogP contribution in [0.2, 0.25) is 0 Å². The molecule has 0 atom stereocenters. The second-order valence-electron chi connectivity index (χ2n) is 4.36. The van der Waals surface area contributed by atoms with Gasteiger partial charge in [-0.05, 0) is 42.7 Å². The lowest BCUT2D eigenvalue weighted by Gasteiger charge is -2.08. The number of carbonyl (C=O) groups excluding carboxylic acids is 1. The number of nitrogens with one attached hydrogen (secondary N) is 1. The maximum atomic E-state index is 12.2. The van der Waals surface area contributed by atoms with Crippen molar-refractivity contribution in [2.75, 3.05) is 11.1 Å². The summed E-state index contributed by atoms with van der Waals surface area (Å²) in [4.78, 5) is 12.7. The lowest BCUT2D eigenvalue weighted by Crippen LogP contribution is -2.15. The van der Waals surface area contributed by atoms with Gasteiger partial charge in [0.1, 0.15) is 10.7 Å². The fourth-order valence-corrected chi connectivity index (χ4v) is 2.38. The Balaban J connectivity index is 1.88. The maximum Gasteiger partial charge on any atom is 0.270 e. The van der Waals surface area contributed by atoms with Crippen LogP contribution >= 0.6 is 11.5 Å². The monoisotopic (exact) mass is 300 g/mol. The number of aryl methyl sites for hydroxylation is 1. The van der Waals surface area contributed by atoms with Crippen molar-refractivity contribution in [2.24, 2.45) is 0 Å². The molecule has 0 bridgehead atoms. The molecule has 106 valence electrons. The van der Waals surface area contributed by atoms with E-state index in [-0.39, 0.29) is 5.91 Å². The molecule has 3 aromatic rings. The molecule has 1 aromatic carbocycles. The van der Waals surface area contributed by atoms with Gasteiger partial charge in [0, 0.05) is 11.8 Å². The highest BCUT2D eigenvalue weighted by Gasteiger charge is 2.15. The molecule has 2 aromatic heterocycles. The van der Waals surface area contributed by atoms with Gasteiger partial charge in [-0.1, -0.05) is 4.49 Å². The minimum Gasteiger partial charge on any atom is -0.399 e. The van der Waals surface area contributed by atoms with Gasteiger partial charge in [-0.2, -0.15) is 5.10 Å². The Morgan fingerprint density at radius 1 is 1.29 bits per heavy atom. The summed E-state index contributed by atoms with van der Waals surface area (Å²) in [5, 5.41) is 10.8. The normalized spacial score (nSPS) is 10.5. The van der Waals surface area contributed by atoms with Crippen molar-refractivity contribution in [2.45, 2.75) is 6.92 Å². The molecule has 0 aliphatic rings. The lowest BCUT2D eigenvalue weighted by atomic mass is 10.3. The van der Waals surface area contributed by atoms with E-state index in [1.807, 2.05) is 12.1 Å². The number of hydrogen-bond donors (Lipinski definition) is 2. The Bertz CT molecular complexity index is 776. The topological polar surface area (TPSA) is 98.7 Å². The zero-order valence-corrected chi connectivity index (χ0v) is 12.0. The molecular formula is C13H12N6OS. The third-order valence-corrected chi connectivity index (χ3v) is 3.71. The summed E-state index contributed by atoms with van der Waals surface area (Å²) < 4.78 is 5.38. The van der Waals surface area contributed by atoms with Crippen LogP contribution in [0.15, 0.2) is 36.5 Å². The van der Waals surface area contributed by atoms with Crippen LogP contribution in [0.4, 0.5) is 11.5 Å². The molecule has 3 rings (SSSR count). The zero-order valence-electron chi connectivity index (χ0n) is 11.1. The molecule has 2 heterocycles. The molecule has 21 heavy (non-hydrogen) atoms. The second-order valence-corrected chi connectivity index (χ2v) is 5.12. The first-order chi connectivity index (χ1) is 10.1. The number of nitrogens with two attached hydrogens (primary N) is 1. The van der Waals surface area contributed by atoms with Gasteiger partial charge in [0.25, 0.3) is 5.91 Å². The third kappa shape index (κ3) is 2.61. The van der Waals surface area contributed by atoms with Crippen molar-refractivity contribution in [1.82, 2.24) is 19.4 Å². The summed E-state index contributed by atoms with van der Waals surface area (Å²) in [5.74, 6) is 0.317. The Hall–Kier alpha value is -2.74. The Kier molecular flexibility index (Phi) is 3.36. The lowest BCUT2D eigenvalue weighted by molar-refractivity contribution is 0.102. The fourth-order valence-electron chi connectivity index (χ4n) is 1.83. The molecule has 0 radical (unpaired) electrons. The maximum absolute atomic E-state index is 12.2. The predicted octanol–water partition coefficient (Wildman–Crippen LogP) is 1.87. The first-order valence-corrected chi connectivity index (χ1v) is 6.93. The second kappa shape index (κ2) is 5.33. The van der Waals surface area contributed by atoms with E-state index in [2.05, 4.69) is 20.0 Å². The van der Waals surface area contributed by atoms with Gasteiger partial charge in [0.15, 0.2) is 0 Å². The number of benzene rings is 1. The van der Waals surface area contributed by atoms with Crippen LogP contribution in [-0.4, -0.2) is 25.3 Å². The molecule has 1 amide bonds. The highest BCUT2D eigenvalue weighted by Crippen LogP contribution is 2.18. The van der Waals surface area contributed by atoms with Crippen LogP contribution in [0.1, 0.15) is 15.4 Å². The molecule has 0 aliphatic heterocycles. The van der Waals surface area contributed by atoms with Gasteiger partial charge >= 0.3 is 0 Å². The van der Waals surface area contributed by atoms with Crippen molar-refractivity contribution in [3.8, 4) is 5.69 Å². The third-order valence-electron chi connectivity index (χ3n) is 2.88. The molecule has 7 nitrogen and oxygen atoms in total. The van der Waals surface area contributed by atoms with Crippen molar-refractivity contribution in [3.05, 3.63) is 47.1 Å². The molecule has 0 saturated carbocycles. The Labute approximate surface area is 124 Å². The Morgan fingerprint density at radius 3 is 2.71 bits per heavy atom. The Morgan fingerprint density at radius 2 is 2.05 bits per heavy atom. The SMILES string of the molecule is Cc1nnsc1C(=O)Nc1ccnn1-c1ccc(N)cc1. The van der Waals surface area contributed by atoms with Gasteiger partial charge in [-0.3, -0.25) is 4.79 Å². The zero-order chi connectivity index (χ0) is 14.8. The number of anilines is 2. The van der Waals surface area contributed by atoms with Gasteiger partial charge in [-0.25, -0.2) is 4.68 Å². The molecule has 0 saturated heterocycles. The first-order valence-electron chi connectivity index (χ1n) is 6.15. The predicted molar refractivity (Wildman–Crippen MR) is 80.6 cm³/mol. The molecule has 0 spiro atoms. The van der Waals surface area contributed by atoms with E-state index in [1.165, 1.54) is 0 Å².